The predicted octanol–water partition coefficient (Wildman–Crippen LogP) is 3.36. The van der Waals surface area contributed by atoms with Gasteiger partial charge in [-0.2, -0.15) is 5.11 Å². The molecule has 1 N–H and O–H groups in total. The van der Waals surface area contributed by atoms with Crippen LogP contribution >= 0.6 is 0 Å². The molecule has 0 aromatic heterocycles. The minimum atomic E-state index is -0.925. The standard InChI is InChI=1S/C23H25N5O3/c1-13(2)16-8-10-17(11-9-16)28-22(30)20-21(23(28)31)27(26-25-20)12-19(29)24-18-7-5-6-14(3)15(18)4/h5-11,13,20-21H,12H2,1-4H3,(H,24,29)/t20-,21-/m0/s1. The van der Waals surface area contributed by atoms with E-state index in [1.54, 1.807) is 12.1 Å². The summed E-state index contributed by atoms with van der Waals surface area (Å²) in [7, 11) is 0. The Balaban J connectivity index is 1.49. The summed E-state index contributed by atoms with van der Waals surface area (Å²) in [4.78, 5) is 39.7. The lowest BCUT2D eigenvalue weighted by Gasteiger charge is -2.20. The lowest BCUT2D eigenvalue weighted by molar-refractivity contribution is -0.123. The molecule has 0 radical (unpaired) electrons. The number of nitrogens with one attached hydrogen (secondary N) is 1. The van der Waals surface area contributed by atoms with Gasteiger partial charge in [-0.15, -0.1) is 0 Å². The second-order valence-electron chi connectivity index (χ2n) is 8.25. The summed E-state index contributed by atoms with van der Waals surface area (Å²) in [6.45, 7) is 7.88. The number of aryl methyl sites for hydroxylation is 1. The van der Waals surface area contributed by atoms with Gasteiger partial charge in [-0.3, -0.25) is 19.4 Å². The Kier molecular flexibility index (Phi) is 5.31. The van der Waals surface area contributed by atoms with E-state index in [-0.39, 0.29) is 12.5 Å². The molecule has 31 heavy (non-hydrogen) atoms. The summed E-state index contributed by atoms with van der Waals surface area (Å²) in [5.41, 5.74) is 4.36. The average Bonchev–Trinajstić information content (AvgIpc) is 3.25. The zero-order valence-corrected chi connectivity index (χ0v) is 18.0. The molecule has 0 unspecified atom stereocenters. The number of carbonyl (C=O) groups is 3. The maximum atomic E-state index is 13.1. The normalized spacial score (nSPS) is 20.0. The average molecular weight is 419 g/mol. The first-order valence-corrected chi connectivity index (χ1v) is 10.3. The molecule has 8 heteroatoms. The number of imide groups is 1. The molecule has 2 heterocycles. The van der Waals surface area contributed by atoms with E-state index in [0.717, 1.165) is 21.6 Å². The second kappa shape index (κ2) is 7.94. The number of hydrogen-bond donors (Lipinski definition) is 1. The van der Waals surface area contributed by atoms with E-state index < -0.39 is 23.9 Å². The molecule has 2 atom stereocenters. The van der Waals surface area contributed by atoms with Crippen molar-refractivity contribution in [1.29, 1.82) is 0 Å². The topological polar surface area (TPSA) is 94.4 Å². The summed E-state index contributed by atoms with van der Waals surface area (Å²) >= 11 is 0. The van der Waals surface area contributed by atoms with Crippen molar-refractivity contribution >= 4 is 29.1 Å². The monoisotopic (exact) mass is 419 g/mol. The van der Waals surface area contributed by atoms with E-state index in [0.29, 0.717) is 17.3 Å². The highest BCUT2D eigenvalue weighted by molar-refractivity contribution is 6.25. The number of nitrogens with zero attached hydrogens (tertiary/aromatic N) is 4. The molecule has 1 saturated heterocycles. The fourth-order valence-electron chi connectivity index (χ4n) is 3.84. The molecule has 2 aliphatic heterocycles. The zero-order chi connectivity index (χ0) is 22.3. The van der Waals surface area contributed by atoms with Gasteiger partial charge in [0.1, 0.15) is 6.54 Å². The Morgan fingerprint density at radius 3 is 2.45 bits per heavy atom. The lowest BCUT2D eigenvalue weighted by Crippen LogP contribution is -2.43. The van der Waals surface area contributed by atoms with Gasteiger partial charge in [0.25, 0.3) is 11.8 Å². The van der Waals surface area contributed by atoms with Crippen LogP contribution in [0.5, 0.6) is 0 Å². The van der Waals surface area contributed by atoms with Crippen LogP contribution in [0.1, 0.15) is 36.5 Å². The molecule has 4 rings (SSSR count). The van der Waals surface area contributed by atoms with Crippen LogP contribution in [-0.2, 0) is 14.4 Å². The van der Waals surface area contributed by atoms with Gasteiger partial charge >= 0.3 is 0 Å². The molecule has 0 saturated carbocycles. The molecule has 2 aromatic rings. The number of benzene rings is 2. The van der Waals surface area contributed by atoms with E-state index in [4.69, 9.17) is 0 Å². The van der Waals surface area contributed by atoms with E-state index in [1.165, 1.54) is 5.01 Å². The summed E-state index contributed by atoms with van der Waals surface area (Å²) in [6, 6.07) is 11.2. The fourth-order valence-corrected chi connectivity index (χ4v) is 3.84. The van der Waals surface area contributed by atoms with Crippen LogP contribution in [0.3, 0.4) is 0 Å². The predicted molar refractivity (Wildman–Crippen MR) is 117 cm³/mol. The molecular weight excluding hydrogens is 394 g/mol. The van der Waals surface area contributed by atoms with Crippen molar-refractivity contribution in [2.24, 2.45) is 10.3 Å². The van der Waals surface area contributed by atoms with Gasteiger partial charge in [0.15, 0.2) is 12.1 Å². The molecule has 160 valence electrons. The lowest BCUT2D eigenvalue weighted by atomic mass is 10.0. The largest absolute Gasteiger partial charge is 0.324 e. The number of amides is 3. The first-order chi connectivity index (χ1) is 14.8. The van der Waals surface area contributed by atoms with Gasteiger partial charge in [-0.25, -0.2) is 4.90 Å². The van der Waals surface area contributed by atoms with Crippen LogP contribution in [0.25, 0.3) is 0 Å². The first kappa shape index (κ1) is 20.7. The number of fused-ring (bicyclic) bond motifs is 1. The summed E-state index contributed by atoms with van der Waals surface area (Å²) in [5.74, 6) is -0.822. The fraction of sp³-hybridized carbons (Fsp3) is 0.348. The third kappa shape index (κ3) is 3.69. The van der Waals surface area contributed by atoms with Crippen molar-refractivity contribution in [3.05, 3.63) is 59.2 Å². The molecule has 2 aliphatic rings. The highest BCUT2D eigenvalue weighted by atomic mass is 16.2. The minimum absolute atomic E-state index is 0.169. The van der Waals surface area contributed by atoms with Crippen molar-refractivity contribution in [3.63, 3.8) is 0 Å². The van der Waals surface area contributed by atoms with Crippen LogP contribution in [-0.4, -0.2) is 41.4 Å². The first-order valence-electron chi connectivity index (χ1n) is 10.3. The summed E-state index contributed by atoms with van der Waals surface area (Å²) in [5, 5.41) is 12.1. The second-order valence-corrected chi connectivity index (χ2v) is 8.25. The number of anilines is 2. The zero-order valence-electron chi connectivity index (χ0n) is 18.0. The molecule has 3 amide bonds. The van der Waals surface area contributed by atoms with Crippen LogP contribution < -0.4 is 10.2 Å². The van der Waals surface area contributed by atoms with Crippen molar-refractivity contribution in [3.8, 4) is 0 Å². The molecule has 0 bridgehead atoms. The van der Waals surface area contributed by atoms with Gasteiger partial charge in [-0.05, 0) is 54.7 Å². The van der Waals surface area contributed by atoms with Gasteiger partial charge in [0.05, 0.1) is 5.69 Å². The van der Waals surface area contributed by atoms with Crippen LogP contribution in [0.15, 0.2) is 52.8 Å². The SMILES string of the molecule is Cc1cccc(NC(=O)CN2N=N[C@@H]3C(=O)N(c4ccc(C(C)C)cc4)C(=O)[C@H]32)c1C. The maximum absolute atomic E-state index is 13.1. The molecule has 0 aliphatic carbocycles. The molecule has 2 aromatic carbocycles. The number of hydrogen-bond acceptors (Lipinski definition) is 6. The van der Waals surface area contributed by atoms with E-state index >= 15 is 0 Å². The van der Waals surface area contributed by atoms with E-state index in [1.807, 2.05) is 44.2 Å². The van der Waals surface area contributed by atoms with Gasteiger partial charge in [0.2, 0.25) is 5.91 Å². The molecule has 8 nitrogen and oxygen atoms in total. The summed E-state index contributed by atoms with van der Waals surface area (Å²) in [6.07, 6.45) is 0. The van der Waals surface area contributed by atoms with Crippen LogP contribution in [0, 0.1) is 13.8 Å². The van der Waals surface area contributed by atoms with Crippen molar-refractivity contribution in [1.82, 2.24) is 5.01 Å². The number of carbonyl (C=O) groups excluding carboxylic acids is 3. The van der Waals surface area contributed by atoms with Crippen molar-refractivity contribution in [2.45, 2.75) is 45.7 Å². The highest BCUT2D eigenvalue weighted by Crippen LogP contribution is 2.32. The third-order valence-corrected chi connectivity index (χ3v) is 5.86. The Hall–Kier alpha value is -3.55. The van der Waals surface area contributed by atoms with Gasteiger partial charge in [-0.1, -0.05) is 43.3 Å². The van der Waals surface area contributed by atoms with Crippen molar-refractivity contribution < 1.29 is 14.4 Å². The molecule has 1 fully saturated rings. The van der Waals surface area contributed by atoms with Crippen molar-refractivity contribution in [2.75, 3.05) is 16.8 Å². The van der Waals surface area contributed by atoms with E-state index in [9.17, 15) is 14.4 Å². The minimum Gasteiger partial charge on any atom is -0.324 e. The highest BCUT2D eigenvalue weighted by Gasteiger charge is 2.55. The molecular formula is C23H25N5O3. The van der Waals surface area contributed by atoms with Crippen LogP contribution in [0.2, 0.25) is 0 Å². The van der Waals surface area contributed by atoms with E-state index in [2.05, 4.69) is 29.5 Å². The van der Waals surface area contributed by atoms with Crippen LogP contribution in [0.4, 0.5) is 11.4 Å². The summed E-state index contributed by atoms with van der Waals surface area (Å²) < 4.78 is 0. The molecule has 0 spiro atoms. The van der Waals surface area contributed by atoms with Gasteiger partial charge < -0.3 is 5.32 Å². The Labute approximate surface area is 180 Å². The smallest absolute Gasteiger partial charge is 0.263 e. The Bertz CT molecular complexity index is 1080. The Morgan fingerprint density at radius 2 is 1.77 bits per heavy atom. The Morgan fingerprint density at radius 1 is 1.06 bits per heavy atom. The van der Waals surface area contributed by atoms with Gasteiger partial charge in [0, 0.05) is 5.69 Å². The maximum Gasteiger partial charge on any atom is 0.263 e. The number of rotatable bonds is 5. The quantitative estimate of drug-likeness (QED) is 0.752. The third-order valence-electron chi connectivity index (χ3n) is 5.86.